The van der Waals surface area contributed by atoms with Gasteiger partial charge in [0.15, 0.2) is 5.69 Å². The maximum atomic E-state index is 13.6. The van der Waals surface area contributed by atoms with Gasteiger partial charge in [0.25, 0.3) is 0 Å². The van der Waals surface area contributed by atoms with Crippen molar-refractivity contribution in [2.45, 2.75) is 13.1 Å². The summed E-state index contributed by atoms with van der Waals surface area (Å²) in [4.78, 5) is 0. The van der Waals surface area contributed by atoms with E-state index < -0.39 is 11.9 Å². The van der Waals surface area contributed by atoms with Gasteiger partial charge in [0.2, 0.25) is 0 Å². The molecule has 1 heterocycles. The van der Waals surface area contributed by atoms with Gasteiger partial charge in [-0.05, 0) is 77.0 Å². The molecule has 3 aromatic rings. The molecule has 136 valence electrons. The monoisotopic (exact) mass is 511 g/mol. The summed E-state index contributed by atoms with van der Waals surface area (Å²) < 4.78 is 42.8. The second-order valence-electron chi connectivity index (χ2n) is 5.61. The molecule has 0 aliphatic heterocycles. The molecule has 0 bridgehead atoms. The SMILES string of the molecule is Cc1cc(-n2nc(C(F)(F)F)c(-c3cc(Cl)cc(Cl)c3)c2N)ccc1I. The lowest BCUT2D eigenvalue weighted by atomic mass is 10.1. The van der Waals surface area contributed by atoms with Crippen molar-refractivity contribution in [3.05, 3.63) is 61.3 Å². The highest BCUT2D eigenvalue weighted by Gasteiger charge is 2.39. The van der Waals surface area contributed by atoms with Crippen LogP contribution >= 0.6 is 45.8 Å². The number of rotatable bonds is 2. The number of halogens is 6. The van der Waals surface area contributed by atoms with E-state index in [1.54, 1.807) is 18.2 Å². The Labute approximate surface area is 171 Å². The third-order valence-electron chi connectivity index (χ3n) is 3.73. The van der Waals surface area contributed by atoms with Gasteiger partial charge in [0.1, 0.15) is 5.82 Å². The van der Waals surface area contributed by atoms with Crippen molar-refractivity contribution in [2.75, 3.05) is 5.73 Å². The summed E-state index contributed by atoms with van der Waals surface area (Å²) in [5, 5.41) is 4.15. The average molecular weight is 512 g/mol. The fraction of sp³-hybridized carbons (Fsp3) is 0.118. The number of hydrogen-bond donors (Lipinski definition) is 1. The highest BCUT2D eigenvalue weighted by Crippen LogP contribution is 2.42. The number of aryl methyl sites for hydroxylation is 1. The number of nitrogens with two attached hydrogens (primary N) is 1. The molecule has 0 atom stereocenters. The molecule has 0 aliphatic rings. The predicted molar refractivity (Wildman–Crippen MR) is 106 cm³/mol. The molecule has 0 unspecified atom stereocenters. The van der Waals surface area contributed by atoms with Crippen molar-refractivity contribution < 1.29 is 13.2 Å². The number of hydrogen-bond acceptors (Lipinski definition) is 2. The van der Waals surface area contributed by atoms with Crippen molar-refractivity contribution in [3.63, 3.8) is 0 Å². The predicted octanol–water partition coefficient (Wildman–Crippen LogP) is 6.36. The molecule has 0 spiro atoms. The fourth-order valence-electron chi connectivity index (χ4n) is 2.57. The third kappa shape index (κ3) is 3.65. The van der Waals surface area contributed by atoms with Crippen LogP contribution in [0.5, 0.6) is 0 Å². The minimum atomic E-state index is -4.69. The van der Waals surface area contributed by atoms with E-state index in [1.165, 1.54) is 18.2 Å². The first-order valence-corrected chi connectivity index (χ1v) is 9.10. The largest absolute Gasteiger partial charge is 0.435 e. The van der Waals surface area contributed by atoms with Crippen LogP contribution in [-0.2, 0) is 6.18 Å². The number of benzene rings is 2. The van der Waals surface area contributed by atoms with Crippen LogP contribution in [0.2, 0.25) is 10.0 Å². The van der Waals surface area contributed by atoms with Crippen LogP contribution in [0.1, 0.15) is 11.3 Å². The van der Waals surface area contributed by atoms with Gasteiger partial charge in [-0.3, -0.25) is 0 Å². The Balaban J connectivity index is 2.30. The standard InChI is InChI=1S/C17H11Cl2F3IN3/c1-8-4-12(2-3-13(8)23)26-16(24)14(15(25-26)17(20,21)22)9-5-10(18)7-11(19)6-9/h2-7H,24H2,1H3. The minimum Gasteiger partial charge on any atom is -0.383 e. The first-order chi connectivity index (χ1) is 12.1. The summed E-state index contributed by atoms with van der Waals surface area (Å²) in [5.74, 6) is -0.142. The number of aromatic nitrogens is 2. The summed E-state index contributed by atoms with van der Waals surface area (Å²) in [6.45, 7) is 1.85. The highest BCUT2D eigenvalue weighted by atomic mass is 127. The first-order valence-electron chi connectivity index (χ1n) is 7.26. The van der Waals surface area contributed by atoms with Crippen molar-refractivity contribution in [2.24, 2.45) is 0 Å². The molecule has 0 fully saturated rings. The van der Waals surface area contributed by atoms with Gasteiger partial charge in [-0.2, -0.15) is 18.3 Å². The highest BCUT2D eigenvalue weighted by molar-refractivity contribution is 14.1. The van der Waals surface area contributed by atoms with Gasteiger partial charge in [-0.25, -0.2) is 4.68 Å². The van der Waals surface area contributed by atoms with E-state index in [0.717, 1.165) is 13.8 Å². The zero-order valence-electron chi connectivity index (χ0n) is 13.2. The van der Waals surface area contributed by atoms with Crippen LogP contribution in [0.3, 0.4) is 0 Å². The van der Waals surface area contributed by atoms with Crippen molar-refractivity contribution in [1.82, 2.24) is 9.78 Å². The summed E-state index contributed by atoms with van der Waals surface area (Å²) in [6, 6.07) is 9.35. The first kappa shape index (κ1) is 19.3. The smallest absolute Gasteiger partial charge is 0.383 e. The van der Waals surface area contributed by atoms with E-state index in [2.05, 4.69) is 27.7 Å². The Morgan fingerprint density at radius 1 is 1.08 bits per heavy atom. The van der Waals surface area contributed by atoms with Crippen LogP contribution < -0.4 is 5.73 Å². The molecule has 9 heteroatoms. The van der Waals surface area contributed by atoms with Gasteiger partial charge in [0.05, 0.1) is 11.3 Å². The number of anilines is 1. The molecular weight excluding hydrogens is 501 g/mol. The Kier molecular flexibility index (Phi) is 5.15. The lowest BCUT2D eigenvalue weighted by Gasteiger charge is -2.08. The maximum Gasteiger partial charge on any atom is 0.435 e. The van der Waals surface area contributed by atoms with E-state index >= 15 is 0 Å². The Morgan fingerprint density at radius 2 is 1.69 bits per heavy atom. The molecule has 26 heavy (non-hydrogen) atoms. The molecule has 0 aliphatic carbocycles. The molecule has 0 amide bonds. The van der Waals surface area contributed by atoms with E-state index in [9.17, 15) is 13.2 Å². The summed E-state index contributed by atoms with van der Waals surface area (Å²) >= 11 is 14.0. The van der Waals surface area contributed by atoms with Crippen LogP contribution in [0.25, 0.3) is 16.8 Å². The summed E-state index contributed by atoms with van der Waals surface area (Å²) in [5.41, 5.74) is 6.21. The molecule has 0 radical (unpaired) electrons. The van der Waals surface area contributed by atoms with E-state index in [1.807, 2.05) is 6.92 Å². The molecular formula is C17H11Cl2F3IN3. The van der Waals surface area contributed by atoms with E-state index in [4.69, 9.17) is 28.9 Å². The van der Waals surface area contributed by atoms with Crippen molar-refractivity contribution in [1.29, 1.82) is 0 Å². The van der Waals surface area contributed by atoms with E-state index in [0.29, 0.717) is 5.69 Å². The second kappa shape index (κ2) is 6.94. The lowest BCUT2D eigenvalue weighted by molar-refractivity contribution is -0.140. The van der Waals surface area contributed by atoms with Crippen LogP contribution in [0.15, 0.2) is 36.4 Å². The van der Waals surface area contributed by atoms with Crippen LogP contribution in [0.4, 0.5) is 19.0 Å². The number of nitrogens with zero attached hydrogens (tertiary/aromatic N) is 2. The van der Waals surface area contributed by atoms with Crippen LogP contribution in [-0.4, -0.2) is 9.78 Å². The second-order valence-corrected chi connectivity index (χ2v) is 7.65. The quantitative estimate of drug-likeness (QED) is 0.407. The molecule has 3 rings (SSSR count). The zero-order valence-corrected chi connectivity index (χ0v) is 16.9. The Bertz CT molecular complexity index is 979. The molecule has 2 N–H and O–H groups in total. The van der Waals surface area contributed by atoms with Gasteiger partial charge >= 0.3 is 6.18 Å². The van der Waals surface area contributed by atoms with Crippen molar-refractivity contribution >= 4 is 51.6 Å². The molecule has 3 nitrogen and oxygen atoms in total. The third-order valence-corrected chi connectivity index (χ3v) is 5.37. The number of alkyl halides is 3. The fourth-order valence-corrected chi connectivity index (χ4v) is 3.43. The van der Waals surface area contributed by atoms with E-state index in [-0.39, 0.29) is 27.0 Å². The molecule has 2 aromatic carbocycles. The van der Waals surface area contributed by atoms with Gasteiger partial charge in [-0.15, -0.1) is 0 Å². The topological polar surface area (TPSA) is 43.8 Å². The van der Waals surface area contributed by atoms with Crippen molar-refractivity contribution in [3.8, 4) is 16.8 Å². The zero-order chi connectivity index (χ0) is 19.2. The normalized spacial score (nSPS) is 11.8. The average Bonchev–Trinajstić information content (AvgIpc) is 2.87. The molecule has 0 saturated carbocycles. The Morgan fingerprint density at radius 3 is 2.23 bits per heavy atom. The minimum absolute atomic E-state index is 0.142. The molecule has 1 aromatic heterocycles. The summed E-state index contributed by atoms with van der Waals surface area (Å²) in [7, 11) is 0. The Hall–Kier alpha value is -1.45. The lowest BCUT2D eigenvalue weighted by Crippen LogP contribution is -2.08. The van der Waals surface area contributed by atoms with Gasteiger partial charge < -0.3 is 5.73 Å². The maximum absolute atomic E-state index is 13.6. The number of nitrogen functional groups attached to an aromatic ring is 1. The summed E-state index contributed by atoms with van der Waals surface area (Å²) in [6.07, 6.45) is -4.69. The molecule has 0 saturated heterocycles. The van der Waals surface area contributed by atoms with Gasteiger partial charge in [-0.1, -0.05) is 23.2 Å². The van der Waals surface area contributed by atoms with Gasteiger partial charge in [0, 0.05) is 13.6 Å². The van der Waals surface area contributed by atoms with Crippen LogP contribution in [0, 0.1) is 10.5 Å².